The van der Waals surface area contributed by atoms with Crippen LogP contribution >= 0.6 is 0 Å². The molecular formula is C8H15BaFO8. The Hall–Kier alpha value is 0.731. The van der Waals surface area contributed by atoms with E-state index in [1.54, 1.807) is 0 Å². The SMILES string of the molecule is COCOCOCOCOCOCC(=O)OF.[Ba]. The van der Waals surface area contributed by atoms with E-state index in [9.17, 15) is 9.32 Å². The van der Waals surface area contributed by atoms with Crippen molar-refractivity contribution < 1.29 is 42.7 Å². The van der Waals surface area contributed by atoms with Gasteiger partial charge in [0, 0.05) is 60.5 Å². The summed E-state index contributed by atoms with van der Waals surface area (Å²) in [6, 6.07) is 0. The Kier molecular flexibility index (Phi) is 20.7. The summed E-state index contributed by atoms with van der Waals surface area (Å²) >= 11 is 0. The van der Waals surface area contributed by atoms with Crippen molar-refractivity contribution in [2.45, 2.75) is 0 Å². The van der Waals surface area contributed by atoms with E-state index in [-0.39, 0.29) is 82.8 Å². The number of ether oxygens (including phenoxy) is 6. The standard InChI is InChI=1S/C8H15FO8.Ba/c1-11-3-13-5-15-7-16-6-14-4-12-2-8(10)17-9;/h2-7H2,1H3;. The van der Waals surface area contributed by atoms with Gasteiger partial charge in [0.1, 0.15) is 13.6 Å². The second-order valence-electron chi connectivity index (χ2n) is 2.49. The molecular weight excluding hydrogens is 380 g/mol. The molecule has 18 heavy (non-hydrogen) atoms. The number of carbonyl (C=O) groups excluding carboxylic acids is 1. The van der Waals surface area contributed by atoms with Gasteiger partial charge in [-0.05, 0) is 0 Å². The van der Waals surface area contributed by atoms with Crippen LogP contribution in [0, 0.1) is 0 Å². The number of carbonyl (C=O) groups is 1. The van der Waals surface area contributed by atoms with Gasteiger partial charge in [-0.3, -0.25) is 4.94 Å². The monoisotopic (exact) mass is 396 g/mol. The molecule has 104 valence electrons. The van der Waals surface area contributed by atoms with Gasteiger partial charge in [0.25, 0.3) is 0 Å². The third-order valence-electron chi connectivity index (χ3n) is 1.17. The molecule has 0 aliphatic carbocycles. The van der Waals surface area contributed by atoms with Crippen LogP contribution < -0.4 is 0 Å². The molecule has 0 aromatic carbocycles. The zero-order valence-electron chi connectivity index (χ0n) is 10.1. The first-order valence-electron chi connectivity index (χ1n) is 4.50. The minimum absolute atomic E-state index is 0. The maximum Gasteiger partial charge on any atom is 0.374 e. The van der Waals surface area contributed by atoms with Gasteiger partial charge < -0.3 is 28.4 Å². The Bertz CT molecular complexity index is 184. The van der Waals surface area contributed by atoms with Crippen LogP contribution in [0.4, 0.5) is 4.53 Å². The molecule has 0 saturated carbocycles. The minimum atomic E-state index is -1.13. The summed E-state index contributed by atoms with van der Waals surface area (Å²) in [4.78, 5) is 13.1. The summed E-state index contributed by atoms with van der Waals surface area (Å²) in [6.45, 7) is -0.722. The molecule has 0 aliphatic heterocycles. The van der Waals surface area contributed by atoms with Crippen LogP contribution in [0.5, 0.6) is 0 Å². The molecule has 2 radical (unpaired) electrons. The number of rotatable bonds is 12. The first-order chi connectivity index (χ1) is 8.31. The Morgan fingerprint density at radius 1 is 0.889 bits per heavy atom. The maximum absolute atomic E-state index is 11.2. The summed E-state index contributed by atoms with van der Waals surface area (Å²) in [5.41, 5.74) is 0. The number of hydrogen-bond donors (Lipinski definition) is 0. The van der Waals surface area contributed by atoms with Gasteiger partial charge in [-0.15, -0.1) is 0 Å². The fourth-order valence-electron chi connectivity index (χ4n) is 0.602. The van der Waals surface area contributed by atoms with Crippen molar-refractivity contribution in [3.8, 4) is 0 Å². The average Bonchev–Trinajstić information content (AvgIpc) is 2.35. The van der Waals surface area contributed by atoms with Gasteiger partial charge >= 0.3 is 5.97 Å². The second kappa shape index (κ2) is 17.7. The Morgan fingerprint density at radius 2 is 1.33 bits per heavy atom. The third-order valence-corrected chi connectivity index (χ3v) is 1.17. The Balaban J connectivity index is 0. The number of hydrogen-bond acceptors (Lipinski definition) is 8. The van der Waals surface area contributed by atoms with E-state index in [2.05, 4.69) is 14.4 Å². The van der Waals surface area contributed by atoms with Crippen LogP contribution in [0.1, 0.15) is 0 Å². The van der Waals surface area contributed by atoms with E-state index in [1.165, 1.54) is 7.11 Å². The van der Waals surface area contributed by atoms with Crippen molar-refractivity contribution in [2.75, 3.05) is 47.7 Å². The first-order valence-corrected chi connectivity index (χ1v) is 4.50. The van der Waals surface area contributed by atoms with Gasteiger partial charge in [-0.2, -0.15) is 0 Å². The van der Waals surface area contributed by atoms with Gasteiger partial charge in [-0.25, -0.2) is 4.79 Å². The second-order valence-corrected chi connectivity index (χ2v) is 2.49. The van der Waals surface area contributed by atoms with Gasteiger partial charge in [0.15, 0.2) is 27.0 Å². The fraction of sp³-hybridized carbons (Fsp3) is 0.875. The zero-order chi connectivity index (χ0) is 12.8. The molecule has 0 N–H and O–H groups in total. The van der Waals surface area contributed by atoms with Gasteiger partial charge in [-0.1, -0.05) is 0 Å². The largest absolute Gasteiger partial charge is 0.374 e. The van der Waals surface area contributed by atoms with Crippen LogP contribution in [0.2, 0.25) is 0 Å². The Labute approximate surface area is 144 Å². The summed E-state index contributed by atoms with van der Waals surface area (Å²) in [5, 5.41) is 0. The van der Waals surface area contributed by atoms with Crippen molar-refractivity contribution in [1.29, 1.82) is 0 Å². The molecule has 0 aliphatic rings. The third kappa shape index (κ3) is 16.7. The summed E-state index contributed by atoms with van der Waals surface area (Å²) in [6.07, 6.45) is 0. The molecule has 0 amide bonds. The van der Waals surface area contributed by atoms with Crippen LogP contribution in [0.15, 0.2) is 0 Å². The van der Waals surface area contributed by atoms with Crippen molar-refractivity contribution in [2.24, 2.45) is 0 Å². The molecule has 0 aromatic rings. The molecule has 0 saturated heterocycles. The molecule has 0 bridgehead atoms. The molecule has 0 atom stereocenters. The van der Waals surface area contributed by atoms with E-state index in [4.69, 9.17) is 18.9 Å². The topological polar surface area (TPSA) is 81.7 Å². The average molecular weight is 396 g/mol. The van der Waals surface area contributed by atoms with E-state index in [0.717, 1.165) is 0 Å². The molecule has 0 aromatic heterocycles. The van der Waals surface area contributed by atoms with Crippen LogP contribution in [-0.4, -0.2) is 103 Å². The fourth-order valence-corrected chi connectivity index (χ4v) is 0.602. The predicted molar refractivity (Wildman–Crippen MR) is 54.6 cm³/mol. The summed E-state index contributed by atoms with van der Waals surface area (Å²) in [5.74, 6) is -1.13. The maximum atomic E-state index is 11.2. The van der Waals surface area contributed by atoms with Gasteiger partial charge in [0.05, 0.1) is 0 Å². The van der Waals surface area contributed by atoms with Crippen LogP contribution in [0.3, 0.4) is 0 Å². The van der Waals surface area contributed by atoms with Crippen LogP contribution in [0.25, 0.3) is 0 Å². The smallest absolute Gasteiger partial charge is 0.359 e. The summed E-state index contributed by atoms with van der Waals surface area (Å²) < 4.78 is 39.5. The molecule has 0 unspecified atom stereocenters. The van der Waals surface area contributed by atoms with Gasteiger partial charge in [0.2, 0.25) is 0 Å². The van der Waals surface area contributed by atoms with Crippen LogP contribution in [-0.2, 0) is 38.2 Å². The first kappa shape index (κ1) is 21.0. The molecule has 0 rings (SSSR count). The van der Waals surface area contributed by atoms with E-state index >= 15 is 0 Å². The van der Waals surface area contributed by atoms with Crippen molar-refractivity contribution in [3.05, 3.63) is 0 Å². The van der Waals surface area contributed by atoms with E-state index in [0.29, 0.717) is 0 Å². The number of halogens is 1. The quantitative estimate of drug-likeness (QED) is 0.250. The van der Waals surface area contributed by atoms with Crippen molar-refractivity contribution >= 4 is 54.9 Å². The number of methoxy groups -OCH3 is 1. The predicted octanol–water partition coefficient (Wildman–Crippen LogP) is -0.450. The normalized spacial score (nSPS) is 9.89. The molecule has 0 heterocycles. The molecule has 8 nitrogen and oxygen atoms in total. The molecule has 0 fully saturated rings. The van der Waals surface area contributed by atoms with E-state index < -0.39 is 12.6 Å². The summed E-state index contributed by atoms with van der Waals surface area (Å²) in [7, 11) is 1.49. The van der Waals surface area contributed by atoms with Crippen molar-refractivity contribution in [3.63, 3.8) is 0 Å². The molecule has 0 spiro atoms. The van der Waals surface area contributed by atoms with Crippen molar-refractivity contribution in [1.82, 2.24) is 0 Å². The minimum Gasteiger partial charge on any atom is -0.359 e. The Morgan fingerprint density at radius 3 is 1.78 bits per heavy atom. The zero-order valence-corrected chi connectivity index (χ0v) is 14.5. The van der Waals surface area contributed by atoms with E-state index in [1.807, 2.05) is 0 Å². The molecule has 10 heteroatoms.